The molecule has 0 bridgehead atoms. The largest absolute Gasteiger partial charge is 0.320 e. The highest BCUT2D eigenvalue weighted by Gasteiger charge is 2.12. The second-order valence-electron chi connectivity index (χ2n) is 3.60. The Bertz CT molecular complexity index is 513. The maximum absolute atomic E-state index is 13.3. The molecule has 3 nitrogen and oxygen atoms in total. The van der Waals surface area contributed by atoms with Crippen molar-refractivity contribution < 1.29 is 4.39 Å². The summed E-state index contributed by atoms with van der Waals surface area (Å²) in [4.78, 5) is 0. The highest BCUT2D eigenvalue weighted by Crippen LogP contribution is 2.23. The lowest BCUT2D eigenvalue weighted by Gasteiger charge is -2.10. The number of nitrogens with two attached hydrogens (primary N) is 1. The van der Waals surface area contributed by atoms with Gasteiger partial charge < -0.3 is 5.73 Å². The van der Waals surface area contributed by atoms with Crippen LogP contribution < -0.4 is 5.73 Å². The molecule has 0 aliphatic carbocycles. The van der Waals surface area contributed by atoms with Gasteiger partial charge in [-0.25, -0.2) is 4.39 Å². The first-order valence-electron chi connectivity index (χ1n) is 4.77. The molecule has 0 aliphatic rings. The van der Waals surface area contributed by atoms with Crippen molar-refractivity contribution in [3.63, 3.8) is 0 Å². The summed E-state index contributed by atoms with van der Waals surface area (Å²) in [5.41, 5.74) is 7.50. The molecule has 0 saturated heterocycles. The van der Waals surface area contributed by atoms with Gasteiger partial charge in [0.2, 0.25) is 0 Å². The Morgan fingerprint density at radius 2 is 2.12 bits per heavy atom. The zero-order valence-electron chi connectivity index (χ0n) is 9.10. The lowest BCUT2D eigenvalue weighted by molar-refractivity contribution is 0.624. The van der Waals surface area contributed by atoms with Gasteiger partial charge in [-0.05, 0) is 17.7 Å². The van der Waals surface area contributed by atoms with E-state index in [1.165, 1.54) is 12.1 Å². The molecule has 1 heterocycles. The van der Waals surface area contributed by atoms with Crippen molar-refractivity contribution in [2.24, 2.45) is 12.8 Å². The summed E-state index contributed by atoms with van der Waals surface area (Å²) in [6.07, 6.45) is 3.47. The Morgan fingerprint density at radius 1 is 1.41 bits per heavy atom. The van der Waals surface area contributed by atoms with E-state index in [1.807, 2.05) is 0 Å². The molecule has 0 unspecified atom stereocenters. The predicted molar refractivity (Wildman–Crippen MR) is 67.9 cm³/mol. The van der Waals surface area contributed by atoms with Crippen molar-refractivity contribution in [3.8, 4) is 0 Å². The lowest BCUT2D eigenvalue weighted by atomic mass is 10.0. The smallest absolute Gasteiger partial charge is 0.142 e. The number of nitrogens with zero attached hydrogens (tertiary/aromatic N) is 2. The third-order valence-corrected chi connectivity index (χ3v) is 2.69. The van der Waals surface area contributed by atoms with Crippen molar-refractivity contribution in [1.29, 1.82) is 0 Å². The summed E-state index contributed by atoms with van der Waals surface area (Å²) in [6, 6.07) is 4.17. The number of halogens is 3. The van der Waals surface area contributed by atoms with E-state index >= 15 is 0 Å². The lowest BCUT2D eigenvalue weighted by Crippen LogP contribution is -2.11. The minimum absolute atomic E-state index is 0. The number of benzene rings is 1. The van der Waals surface area contributed by atoms with Crippen molar-refractivity contribution in [3.05, 3.63) is 52.6 Å². The highest BCUT2D eigenvalue weighted by molar-refractivity contribution is 6.30. The Morgan fingerprint density at radius 3 is 2.65 bits per heavy atom. The van der Waals surface area contributed by atoms with Crippen LogP contribution in [0.25, 0.3) is 0 Å². The summed E-state index contributed by atoms with van der Waals surface area (Å²) in [6.45, 7) is 0. The second kappa shape index (κ2) is 5.49. The minimum Gasteiger partial charge on any atom is -0.320 e. The van der Waals surface area contributed by atoms with Gasteiger partial charge in [-0.2, -0.15) is 5.10 Å². The van der Waals surface area contributed by atoms with Gasteiger partial charge in [0.15, 0.2) is 0 Å². The monoisotopic (exact) mass is 275 g/mol. The zero-order chi connectivity index (χ0) is 11.7. The van der Waals surface area contributed by atoms with E-state index in [9.17, 15) is 4.39 Å². The normalized spacial score (nSPS) is 12.0. The van der Waals surface area contributed by atoms with Crippen molar-refractivity contribution >= 4 is 24.0 Å². The van der Waals surface area contributed by atoms with Gasteiger partial charge in [-0.3, -0.25) is 4.68 Å². The van der Waals surface area contributed by atoms with Crippen LogP contribution in [0.3, 0.4) is 0 Å². The number of aryl methyl sites for hydroxylation is 1. The third kappa shape index (κ3) is 2.97. The van der Waals surface area contributed by atoms with Crippen molar-refractivity contribution in [2.45, 2.75) is 6.04 Å². The Kier molecular flexibility index (Phi) is 4.51. The third-order valence-electron chi connectivity index (χ3n) is 2.39. The predicted octanol–water partition coefficient (Wildman–Crippen LogP) is 2.68. The summed E-state index contributed by atoms with van der Waals surface area (Å²) >= 11 is 5.60. The van der Waals surface area contributed by atoms with Crippen LogP contribution in [0.15, 0.2) is 30.6 Å². The molecule has 1 aromatic heterocycles. The molecule has 0 radical (unpaired) electrons. The maximum Gasteiger partial charge on any atom is 0.142 e. The molecule has 6 heteroatoms. The summed E-state index contributed by atoms with van der Waals surface area (Å²) in [5.74, 6) is -0.460. The first-order valence-corrected chi connectivity index (χ1v) is 5.15. The van der Waals surface area contributed by atoms with Gasteiger partial charge in [0.05, 0.1) is 17.3 Å². The van der Waals surface area contributed by atoms with Crippen LogP contribution in [-0.4, -0.2) is 9.78 Å². The van der Waals surface area contributed by atoms with Gasteiger partial charge in [-0.15, -0.1) is 12.4 Å². The second-order valence-corrected chi connectivity index (χ2v) is 4.01. The quantitative estimate of drug-likeness (QED) is 0.916. The van der Waals surface area contributed by atoms with Crippen LogP contribution in [0, 0.1) is 5.82 Å². The zero-order valence-corrected chi connectivity index (χ0v) is 10.7. The van der Waals surface area contributed by atoms with E-state index in [1.54, 1.807) is 30.2 Å². The molecule has 0 saturated carbocycles. The highest BCUT2D eigenvalue weighted by atomic mass is 35.5. The topological polar surface area (TPSA) is 43.8 Å². The van der Waals surface area contributed by atoms with E-state index in [0.29, 0.717) is 5.56 Å². The number of rotatable bonds is 2. The standard InChI is InChI=1S/C11H11ClFN3.ClH/c1-16-6-8(5-15-16)11(14)7-2-3-9(12)10(13)4-7;/h2-6,11H,14H2,1H3;1H/t11-;/m0./s1. The van der Waals surface area contributed by atoms with Crippen LogP contribution in [0.1, 0.15) is 17.2 Å². The van der Waals surface area contributed by atoms with Gasteiger partial charge >= 0.3 is 0 Å². The van der Waals surface area contributed by atoms with E-state index < -0.39 is 5.82 Å². The van der Waals surface area contributed by atoms with Gasteiger partial charge in [0.1, 0.15) is 5.82 Å². The van der Waals surface area contributed by atoms with Crippen LogP contribution in [0.4, 0.5) is 4.39 Å². The van der Waals surface area contributed by atoms with Gasteiger partial charge in [0, 0.05) is 18.8 Å². The number of hydrogen-bond donors (Lipinski definition) is 1. The molecule has 1 atom stereocenters. The minimum atomic E-state index is -0.460. The van der Waals surface area contributed by atoms with E-state index in [0.717, 1.165) is 5.56 Å². The molecule has 17 heavy (non-hydrogen) atoms. The fourth-order valence-corrected chi connectivity index (χ4v) is 1.62. The summed E-state index contributed by atoms with van der Waals surface area (Å²) in [7, 11) is 1.80. The molecule has 0 spiro atoms. The first-order chi connectivity index (χ1) is 7.58. The average molecular weight is 276 g/mol. The average Bonchev–Trinajstić information content (AvgIpc) is 2.68. The molecule has 0 aliphatic heterocycles. The number of hydrogen-bond acceptors (Lipinski definition) is 2. The molecule has 1 aromatic carbocycles. The fraction of sp³-hybridized carbons (Fsp3) is 0.182. The maximum atomic E-state index is 13.3. The van der Waals surface area contributed by atoms with Gasteiger partial charge in [0.25, 0.3) is 0 Å². The van der Waals surface area contributed by atoms with Crippen molar-refractivity contribution in [1.82, 2.24) is 9.78 Å². The SMILES string of the molecule is Cl.Cn1cc([C@@H](N)c2ccc(Cl)c(F)c2)cn1. The molecule has 0 amide bonds. The van der Waals surface area contributed by atoms with E-state index in [-0.39, 0.29) is 23.5 Å². The first kappa shape index (κ1) is 14.0. The molecular formula is C11H12Cl2FN3. The van der Waals surface area contributed by atoms with Crippen LogP contribution >= 0.6 is 24.0 Å². The Balaban J connectivity index is 0.00000144. The molecular weight excluding hydrogens is 264 g/mol. The van der Waals surface area contributed by atoms with E-state index in [4.69, 9.17) is 17.3 Å². The molecule has 0 fully saturated rings. The van der Waals surface area contributed by atoms with Crippen LogP contribution in [-0.2, 0) is 7.05 Å². The van der Waals surface area contributed by atoms with Crippen LogP contribution in [0.5, 0.6) is 0 Å². The van der Waals surface area contributed by atoms with Crippen molar-refractivity contribution in [2.75, 3.05) is 0 Å². The fourth-order valence-electron chi connectivity index (χ4n) is 1.50. The summed E-state index contributed by atoms with van der Waals surface area (Å²) in [5, 5.41) is 4.12. The molecule has 2 aromatic rings. The Labute approximate surface area is 110 Å². The Hall–Kier alpha value is -1.10. The molecule has 2 rings (SSSR count). The summed E-state index contributed by atoms with van der Waals surface area (Å²) < 4.78 is 14.9. The van der Waals surface area contributed by atoms with Gasteiger partial charge in [-0.1, -0.05) is 17.7 Å². The molecule has 92 valence electrons. The molecule has 2 N–H and O–H groups in total. The van der Waals surface area contributed by atoms with E-state index in [2.05, 4.69) is 5.10 Å². The van der Waals surface area contributed by atoms with Crippen LogP contribution in [0.2, 0.25) is 5.02 Å². The number of aromatic nitrogens is 2.